The second-order valence-corrected chi connectivity index (χ2v) is 7.78. The SMILES string of the molecule is COCCNc1ncnc2c1cnn2CCNC(=O)C1CC(=O)N(c2cccc(C)c2)C1. The molecule has 4 rings (SSSR count). The lowest BCUT2D eigenvalue weighted by Crippen LogP contribution is -2.35. The number of amides is 2. The number of nitrogens with zero attached hydrogens (tertiary/aromatic N) is 5. The highest BCUT2D eigenvalue weighted by Crippen LogP contribution is 2.26. The Kier molecular flexibility index (Phi) is 6.60. The molecule has 2 aromatic heterocycles. The average Bonchev–Trinajstić information content (AvgIpc) is 3.38. The fourth-order valence-corrected chi connectivity index (χ4v) is 3.83. The Bertz CT molecular complexity index is 1110. The lowest BCUT2D eigenvalue weighted by atomic mass is 10.1. The van der Waals surface area contributed by atoms with E-state index in [-0.39, 0.29) is 24.2 Å². The van der Waals surface area contributed by atoms with Gasteiger partial charge in [-0.2, -0.15) is 5.10 Å². The van der Waals surface area contributed by atoms with E-state index >= 15 is 0 Å². The van der Waals surface area contributed by atoms with Gasteiger partial charge in [0.05, 0.1) is 30.7 Å². The highest BCUT2D eigenvalue weighted by atomic mass is 16.5. The number of ether oxygens (including phenoxy) is 1. The fraction of sp³-hybridized carbons (Fsp3) is 0.409. The van der Waals surface area contributed by atoms with Crippen molar-refractivity contribution in [1.29, 1.82) is 0 Å². The third-order valence-electron chi connectivity index (χ3n) is 5.46. The van der Waals surface area contributed by atoms with E-state index < -0.39 is 0 Å². The molecular weight excluding hydrogens is 410 g/mol. The first-order valence-electron chi connectivity index (χ1n) is 10.6. The molecule has 1 aliphatic heterocycles. The summed E-state index contributed by atoms with van der Waals surface area (Å²) >= 11 is 0. The van der Waals surface area contributed by atoms with Gasteiger partial charge in [-0.3, -0.25) is 9.59 Å². The van der Waals surface area contributed by atoms with Crippen LogP contribution in [0.2, 0.25) is 0 Å². The number of fused-ring (bicyclic) bond motifs is 1. The van der Waals surface area contributed by atoms with Crippen molar-refractivity contribution in [3.05, 3.63) is 42.4 Å². The van der Waals surface area contributed by atoms with E-state index in [4.69, 9.17) is 4.74 Å². The third kappa shape index (κ3) is 4.70. The normalized spacial score (nSPS) is 16.0. The zero-order valence-electron chi connectivity index (χ0n) is 18.2. The number of carbonyl (C=O) groups excluding carboxylic acids is 2. The predicted molar refractivity (Wildman–Crippen MR) is 120 cm³/mol. The van der Waals surface area contributed by atoms with Crippen LogP contribution in [-0.2, 0) is 20.9 Å². The van der Waals surface area contributed by atoms with Gasteiger partial charge in [0.2, 0.25) is 11.8 Å². The van der Waals surface area contributed by atoms with E-state index in [2.05, 4.69) is 25.7 Å². The molecule has 0 radical (unpaired) electrons. The van der Waals surface area contributed by atoms with Gasteiger partial charge in [0.15, 0.2) is 5.65 Å². The molecule has 1 aliphatic rings. The number of hydrogen-bond donors (Lipinski definition) is 2. The minimum atomic E-state index is -0.365. The van der Waals surface area contributed by atoms with Gasteiger partial charge in [0, 0.05) is 38.9 Å². The van der Waals surface area contributed by atoms with Crippen LogP contribution in [0.5, 0.6) is 0 Å². The van der Waals surface area contributed by atoms with Crippen LogP contribution in [0.3, 0.4) is 0 Å². The number of aromatic nitrogens is 4. The van der Waals surface area contributed by atoms with Crippen molar-refractivity contribution >= 4 is 34.4 Å². The Morgan fingerprint density at radius 2 is 2.16 bits per heavy atom. The summed E-state index contributed by atoms with van der Waals surface area (Å²) in [4.78, 5) is 35.4. The van der Waals surface area contributed by atoms with Crippen LogP contribution in [0.25, 0.3) is 11.0 Å². The lowest BCUT2D eigenvalue weighted by Gasteiger charge is -2.17. The summed E-state index contributed by atoms with van der Waals surface area (Å²) in [6.45, 7) is 4.42. The monoisotopic (exact) mass is 437 g/mol. The number of rotatable bonds is 9. The van der Waals surface area contributed by atoms with Gasteiger partial charge < -0.3 is 20.3 Å². The number of aryl methyl sites for hydroxylation is 1. The van der Waals surface area contributed by atoms with Crippen molar-refractivity contribution in [2.75, 3.05) is 43.6 Å². The molecule has 1 aromatic carbocycles. The van der Waals surface area contributed by atoms with Crippen LogP contribution in [0, 0.1) is 12.8 Å². The maximum atomic E-state index is 12.7. The number of nitrogens with one attached hydrogen (secondary N) is 2. The summed E-state index contributed by atoms with van der Waals surface area (Å²) in [6, 6.07) is 7.76. The van der Waals surface area contributed by atoms with Gasteiger partial charge in [0.1, 0.15) is 12.1 Å². The number of hydrogen-bond acceptors (Lipinski definition) is 7. The summed E-state index contributed by atoms with van der Waals surface area (Å²) in [6.07, 6.45) is 3.41. The molecule has 2 N–H and O–H groups in total. The zero-order valence-corrected chi connectivity index (χ0v) is 18.2. The van der Waals surface area contributed by atoms with Gasteiger partial charge in [-0.05, 0) is 24.6 Å². The molecule has 1 saturated heterocycles. The highest BCUT2D eigenvalue weighted by molar-refractivity contribution is 6.00. The Hall–Kier alpha value is -3.53. The molecule has 0 aliphatic carbocycles. The van der Waals surface area contributed by atoms with E-state index in [1.165, 1.54) is 6.33 Å². The molecule has 1 unspecified atom stereocenters. The van der Waals surface area contributed by atoms with E-state index in [0.717, 1.165) is 16.6 Å². The summed E-state index contributed by atoms with van der Waals surface area (Å²) in [5.74, 6) is 0.180. The van der Waals surface area contributed by atoms with Crippen molar-refractivity contribution in [3.63, 3.8) is 0 Å². The van der Waals surface area contributed by atoms with Gasteiger partial charge in [-0.25, -0.2) is 14.6 Å². The molecule has 168 valence electrons. The molecule has 2 amide bonds. The molecule has 3 aromatic rings. The molecule has 1 atom stereocenters. The standard InChI is InChI=1S/C22H27N7O3/c1-15-4-3-5-17(10-15)28-13-16(11-19(28)30)22(31)24-6-8-29-21-18(12-27-29)20(25-14-26-21)23-7-9-32-2/h3-5,10,12,14,16H,6-9,11,13H2,1-2H3,(H,24,31)(H,23,25,26). The number of anilines is 2. The molecule has 10 heteroatoms. The molecule has 0 saturated carbocycles. The van der Waals surface area contributed by atoms with Gasteiger partial charge in [-0.1, -0.05) is 12.1 Å². The molecular formula is C22H27N7O3. The summed E-state index contributed by atoms with van der Waals surface area (Å²) in [5, 5.41) is 11.3. The van der Waals surface area contributed by atoms with Gasteiger partial charge in [-0.15, -0.1) is 0 Å². The van der Waals surface area contributed by atoms with E-state index in [9.17, 15) is 9.59 Å². The van der Waals surface area contributed by atoms with Crippen LogP contribution >= 0.6 is 0 Å². The summed E-state index contributed by atoms with van der Waals surface area (Å²) < 4.78 is 6.78. The van der Waals surface area contributed by atoms with Crippen molar-refractivity contribution < 1.29 is 14.3 Å². The average molecular weight is 438 g/mol. The van der Waals surface area contributed by atoms with Crippen LogP contribution < -0.4 is 15.5 Å². The maximum absolute atomic E-state index is 12.7. The quantitative estimate of drug-likeness (QED) is 0.486. The van der Waals surface area contributed by atoms with Crippen molar-refractivity contribution in [2.45, 2.75) is 19.9 Å². The Balaban J connectivity index is 1.33. The molecule has 10 nitrogen and oxygen atoms in total. The molecule has 0 bridgehead atoms. The first-order chi connectivity index (χ1) is 15.6. The van der Waals surface area contributed by atoms with Crippen molar-refractivity contribution in [3.8, 4) is 0 Å². The largest absolute Gasteiger partial charge is 0.383 e. The summed E-state index contributed by atoms with van der Waals surface area (Å²) in [5.41, 5.74) is 2.61. The third-order valence-corrected chi connectivity index (χ3v) is 5.46. The molecule has 1 fully saturated rings. The van der Waals surface area contributed by atoms with Crippen molar-refractivity contribution in [2.24, 2.45) is 5.92 Å². The first kappa shape index (κ1) is 21.7. The van der Waals surface area contributed by atoms with E-state index in [1.54, 1.807) is 22.9 Å². The lowest BCUT2D eigenvalue weighted by molar-refractivity contribution is -0.126. The number of carbonyl (C=O) groups is 2. The molecule has 0 spiro atoms. The second-order valence-electron chi connectivity index (χ2n) is 7.78. The number of methoxy groups -OCH3 is 1. The minimum Gasteiger partial charge on any atom is -0.383 e. The topological polar surface area (TPSA) is 114 Å². The van der Waals surface area contributed by atoms with E-state index in [1.807, 2.05) is 31.2 Å². The zero-order chi connectivity index (χ0) is 22.5. The summed E-state index contributed by atoms with van der Waals surface area (Å²) in [7, 11) is 1.64. The Morgan fingerprint density at radius 3 is 2.97 bits per heavy atom. The smallest absolute Gasteiger partial charge is 0.227 e. The van der Waals surface area contributed by atoms with Crippen molar-refractivity contribution in [1.82, 2.24) is 25.1 Å². The minimum absolute atomic E-state index is 0.0287. The maximum Gasteiger partial charge on any atom is 0.227 e. The second kappa shape index (κ2) is 9.73. The van der Waals surface area contributed by atoms with Crippen LogP contribution in [0.4, 0.5) is 11.5 Å². The first-order valence-corrected chi connectivity index (χ1v) is 10.6. The highest BCUT2D eigenvalue weighted by Gasteiger charge is 2.35. The molecule has 32 heavy (non-hydrogen) atoms. The fourth-order valence-electron chi connectivity index (χ4n) is 3.83. The Morgan fingerprint density at radius 1 is 1.28 bits per heavy atom. The van der Waals surface area contributed by atoms with Crippen LogP contribution in [0.1, 0.15) is 12.0 Å². The Labute approximate surface area is 186 Å². The number of benzene rings is 1. The van der Waals surface area contributed by atoms with E-state index in [0.29, 0.717) is 44.3 Å². The van der Waals surface area contributed by atoms with Gasteiger partial charge >= 0.3 is 0 Å². The van der Waals surface area contributed by atoms with Gasteiger partial charge in [0.25, 0.3) is 0 Å². The molecule has 3 heterocycles. The predicted octanol–water partition coefficient (Wildman–Crippen LogP) is 1.36. The van der Waals surface area contributed by atoms with Crippen LogP contribution in [0.15, 0.2) is 36.8 Å². The van der Waals surface area contributed by atoms with Crippen LogP contribution in [-0.4, -0.2) is 64.9 Å².